The molecule has 0 fully saturated rings. The van der Waals surface area contributed by atoms with Gasteiger partial charge < -0.3 is 4.42 Å². The van der Waals surface area contributed by atoms with Gasteiger partial charge in [0.1, 0.15) is 5.69 Å². The van der Waals surface area contributed by atoms with Gasteiger partial charge in [-0.05, 0) is 30.7 Å². The van der Waals surface area contributed by atoms with Gasteiger partial charge in [0.15, 0.2) is 9.84 Å². The Morgan fingerprint density at radius 2 is 1.92 bits per heavy atom. The molecular formula is C16H17N5O4S. The molecule has 0 saturated heterocycles. The number of hydrogen-bond donors (Lipinski definition) is 1. The molecule has 2 heterocycles. The Morgan fingerprint density at radius 1 is 1.23 bits per heavy atom. The summed E-state index contributed by atoms with van der Waals surface area (Å²) >= 11 is 0. The number of amides is 1. The lowest BCUT2D eigenvalue weighted by atomic mass is 10.1. The van der Waals surface area contributed by atoms with E-state index in [1.165, 1.54) is 16.8 Å². The van der Waals surface area contributed by atoms with Gasteiger partial charge in [0.2, 0.25) is 5.89 Å². The van der Waals surface area contributed by atoms with Gasteiger partial charge in [0, 0.05) is 13.3 Å². The average Bonchev–Trinajstić information content (AvgIpc) is 3.13. The van der Waals surface area contributed by atoms with Crippen LogP contribution in [-0.4, -0.2) is 40.6 Å². The van der Waals surface area contributed by atoms with Gasteiger partial charge >= 0.3 is 6.01 Å². The number of anilines is 1. The van der Waals surface area contributed by atoms with E-state index in [-0.39, 0.29) is 10.9 Å². The fourth-order valence-electron chi connectivity index (χ4n) is 2.39. The van der Waals surface area contributed by atoms with Crippen molar-refractivity contribution < 1.29 is 17.6 Å². The second-order valence-corrected chi connectivity index (χ2v) is 7.86. The molecule has 1 amide bonds. The van der Waals surface area contributed by atoms with Gasteiger partial charge in [0.05, 0.1) is 17.0 Å². The summed E-state index contributed by atoms with van der Waals surface area (Å²) in [6.45, 7) is 1.79. The Hall–Kier alpha value is -3.01. The van der Waals surface area contributed by atoms with Crippen LogP contribution in [0.3, 0.4) is 0 Å². The molecule has 3 rings (SSSR count). The molecule has 1 N–H and O–H groups in total. The van der Waals surface area contributed by atoms with E-state index in [2.05, 4.69) is 20.6 Å². The maximum atomic E-state index is 12.2. The minimum Gasteiger partial charge on any atom is -0.407 e. The lowest BCUT2D eigenvalue weighted by Crippen LogP contribution is -2.16. The Bertz CT molecular complexity index is 1050. The largest absolute Gasteiger partial charge is 0.407 e. The summed E-state index contributed by atoms with van der Waals surface area (Å²) in [4.78, 5) is 12.4. The topological polar surface area (TPSA) is 120 Å². The summed E-state index contributed by atoms with van der Waals surface area (Å²) in [5.74, 6) is -0.102. The molecule has 0 aliphatic rings. The molecule has 0 radical (unpaired) electrons. The van der Waals surface area contributed by atoms with E-state index in [4.69, 9.17) is 4.42 Å². The Balaban J connectivity index is 1.68. The van der Waals surface area contributed by atoms with Crippen molar-refractivity contribution in [2.75, 3.05) is 11.6 Å². The van der Waals surface area contributed by atoms with Crippen molar-refractivity contribution in [2.45, 2.75) is 18.2 Å². The number of carbonyl (C=O) groups is 1. The molecule has 2 aromatic heterocycles. The van der Waals surface area contributed by atoms with Crippen LogP contribution in [0.5, 0.6) is 0 Å². The second-order valence-electron chi connectivity index (χ2n) is 5.84. The third kappa shape index (κ3) is 3.97. The number of nitrogens with zero attached hydrogens (tertiary/aromatic N) is 4. The van der Waals surface area contributed by atoms with Crippen LogP contribution in [0.25, 0.3) is 0 Å². The molecule has 0 bridgehead atoms. The van der Waals surface area contributed by atoms with E-state index >= 15 is 0 Å². The van der Waals surface area contributed by atoms with E-state index in [0.717, 1.165) is 17.5 Å². The highest BCUT2D eigenvalue weighted by Gasteiger charge is 2.16. The highest BCUT2D eigenvalue weighted by Crippen LogP contribution is 2.15. The molecule has 0 saturated carbocycles. The molecule has 26 heavy (non-hydrogen) atoms. The number of rotatable bonds is 5. The van der Waals surface area contributed by atoms with Crippen LogP contribution < -0.4 is 5.32 Å². The van der Waals surface area contributed by atoms with Crippen LogP contribution in [0.1, 0.15) is 27.6 Å². The number of hydrogen-bond acceptors (Lipinski definition) is 7. The van der Waals surface area contributed by atoms with Crippen molar-refractivity contribution in [1.82, 2.24) is 20.0 Å². The van der Waals surface area contributed by atoms with Crippen LogP contribution in [-0.2, 0) is 23.3 Å². The summed E-state index contributed by atoms with van der Waals surface area (Å²) in [5, 5.41) is 14.3. The van der Waals surface area contributed by atoms with Crippen LogP contribution in [0.15, 0.2) is 39.6 Å². The highest BCUT2D eigenvalue weighted by molar-refractivity contribution is 7.90. The first-order valence-corrected chi connectivity index (χ1v) is 9.55. The first kappa shape index (κ1) is 17.8. The van der Waals surface area contributed by atoms with Crippen LogP contribution in [0.2, 0.25) is 0 Å². The number of nitrogens with one attached hydrogen (secondary N) is 1. The molecule has 9 nitrogen and oxygen atoms in total. The number of aryl methyl sites for hydroxylation is 2. The van der Waals surface area contributed by atoms with Gasteiger partial charge in [-0.1, -0.05) is 17.2 Å². The predicted molar refractivity (Wildman–Crippen MR) is 92.6 cm³/mol. The summed E-state index contributed by atoms with van der Waals surface area (Å²) in [7, 11) is -1.57. The fourth-order valence-corrected chi connectivity index (χ4v) is 3.02. The Kier molecular flexibility index (Phi) is 4.60. The maximum absolute atomic E-state index is 12.2. The molecule has 0 spiro atoms. The van der Waals surface area contributed by atoms with Crippen LogP contribution >= 0.6 is 0 Å². The van der Waals surface area contributed by atoms with Crippen LogP contribution in [0.4, 0.5) is 6.01 Å². The summed E-state index contributed by atoms with van der Waals surface area (Å²) in [6, 6.07) is 8.03. The number of aromatic nitrogens is 4. The van der Waals surface area contributed by atoms with Crippen molar-refractivity contribution in [3.05, 3.63) is 53.2 Å². The van der Waals surface area contributed by atoms with Gasteiger partial charge in [-0.2, -0.15) is 5.10 Å². The predicted octanol–water partition coefficient (Wildman–Crippen LogP) is 1.36. The summed E-state index contributed by atoms with van der Waals surface area (Å²) in [5.41, 5.74) is 1.90. The number of sulfone groups is 1. The monoisotopic (exact) mass is 375 g/mol. The molecular weight excluding hydrogens is 358 g/mol. The third-order valence-electron chi connectivity index (χ3n) is 3.63. The van der Waals surface area contributed by atoms with Gasteiger partial charge in [-0.25, -0.2) is 8.42 Å². The van der Waals surface area contributed by atoms with Crippen LogP contribution in [0, 0.1) is 6.92 Å². The van der Waals surface area contributed by atoms with E-state index < -0.39 is 15.7 Å². The standard InChI is InChI=1S/C16H17N5O4S/c1-10-8-13(21(2)20-10)15(22)17-16-19-18-14(25-16)9-11-4-6-12(7-5-11)26(3,23)24/h4-8H,9H2,1-3H3,(H,17,19,22). The zero-order valence-electron chi connectivity index (χ0n) is 14.4. The molecule has 0 atom stereocenters. The zero-order chi connectivity index (χ0) is 18.9. The lowest BCUT2D eigenvalue weighted by molar-refractivity contribution is 0.101. The van der Waals surface area contributed by atoms with Crippen molar-refractivity contribution >= 4 is 21.8 Å². The van der Waals surface area contributed by atoms with Gasteiger partial charge in [0.25, 0.3) is 5.91 Å². The third-order valence-corrected chi connectivity index (χ3v) is 4.76. The van der Waals surface area contributed by atoms with E-state index in [1.54, 1.807) is 32.2 Å². The van der Waals surface area contributed by atoms with E-state index in [1.807, 2.05) is 0 Å². The normalized spacial score (nSPS) is 11.5. The molecule has 136 valence electrons. The smallest absolute Gasteiger partial charge is 0.322 e. The molecule has 0 aliphatic heterocycles. The summed E-state index contributed by atoms with van der Waals surface area (Å²) in [6.07, 6.45) is 1.47. The van der Waals surface area contributed by atoms with Crippen molar-refractivity contribution in [3.8, 4) is 0 Å². The molecule has 1 aromatic carbocycles. The minimum atomic E-state index is -3.24. The molecule has 0 unspecified atom stereocenters. The lowest BCUT2D eigenvalue weighted by Gasteiger charge is -2.01. The Morgan fingerprint density at radius 3 is 2.50 bits per heavy atom. The molecule has 0 aliphatic carbocycles. The first-order chi connectivity index (χ1) is 12.2. The zero-order valence-corrected chi connectivity index (χ0v) is 15.2. The van der Waals surface area contributed by atoms with Crippen molar-refractivity contribution in [2.24, 2.45) is 7.05 Å². The van der Waals surface area contributed by atoms with Crippen molar-refractivity contribution in [1.29, 1.82) is 0 Å². The second kappa shape index (κ2) is 6.71. The number of carbonyl (C=O) groups excluding carboxylic acids is 1. The van der Waals surface area contributed by atoms with E-state index in [0.29, 0.717) is 18.0 Å². The Labute approximate surface area is 150 Å². The maximum Gasteiger partial charge on any atom is 0.322 e. The van der Waals surface area contributed by atoms with Gasteiger partial charge in [-0.15, -0.1) is 5.10 Å². The number of benzene rings is 1. The quantitative estimate of drug-likeness (QED) is 0.715. The minimum absolute atomic E-state index is 0.0170. The SMILES string of the molecule is Cc1cc(C(=O)Nc2nnc(Cc3ccc(S(C)(=O)=O)cc3)o2)n(C)n1. The highest BCUT2D eigenvalue weighted by atomic mass is 32.2. The summed E-state index contributed by atoms with van der Waals surface area (Å²) < 4.78 is 29.8. The van der Waals surface area contributed by atoms with E-state index in [9.17, 15) is 13.2 Å². The molecule has 3 aromatic rings. The average molecular weight is 375 g/mol. The fraction of sp³-hybridized carbons (Fsp3) is 0.250. The van der Waals surface area contributed by atoms with Crippen molar-refractivity contribution in [3.63, 3.8) is 0 Å². The van der Waals surface area contributed by atoms with Gasteiger partial charge in [-0.3, -0.25) is 14.8 Å². The molecule has 10 heteroatoms. The first-order valence-electron chi connectivity index (χ1n) is 7.66.